The second-order valence-corrected chi connectivity index (χ2v) is 14.6. The van der Waals surface area contributed by atoms with E-state index in [4.69, 9.17) is 15.2 Å². The van der Waals surface area contributed by atoms with Gasteiger partial charge in [0.2, 0.25) is 30.0 Å². The minimum absolute atomic E-state index is 0.00781. The monoisotopic (exact) mass is 809 g/mol. The molecule has 0 radical (unpaired) electrons. The van der Waals surface area contributed by atoms with E-state index < -0.39 is 18.1 Å². The van der Waals surface area contributed by atoms with Crippen LogP contribution < -0.4 is 26.4 Å². The molecule has 3 aliphatic rings. The first-order chi connectivity index (χ1) is 27.8. The maximum absolute atomic E-state index is 13.4. The van der Waals surface area contributed by atoms with E-state index >= 15 is 0 Å². The van der Waals surface area contributed by atoms with Crippen molar-refractivity contribution in [1.82, 2.24) is 25.3 Å². The zero-order valence-electron chi connectivity index (χ0n) is 34.8. The Kier molecular flexibility index (Phi) is 22.3. The van der Waals surface area contributed by atoms with E-state index in [-0.39, 0.29) is 55.2 Å². The summed E-state index contributed by atoms with van der Waals surface area (Å²) in [6, 6.07) is 15.3. The Hall–Kier alpha value is -5.35. The van der Waals surface area contributed by atoms with Crippen LogP contribution in [0.4, 0.5) is 5.69 Å². The third-order valence-electron chi connectivity index (χ3n) is 9.70. The van der Waals surface area contributed by atoms with Gasteiger partial charge in [-0.25, -0.2) is 0 Å². The standard InChI is InChI=1S/C24H38N4O6.C8H9NO2.C7H8.C3H8N2O/c1-16-13-20(26(3)14-16)24(33)34-12-9-21(30)27-11-6-8-19(27)23(32)28-10-5-4-7-18(28)22(31)25-17(2)15-29;1-11-8-4-2-3-7(5-8)9-6-10;1-7-5-3-2-4-6-7;1-5-2-3(4)6/h15-20H,4-14H2,1-3H3,(H,25,31);2-6H,1H3,(H,9,10);2-6H,1H3;5H,2H2,1H3,(H2,4,6). The van der Waals surface area contributed by atoms with Crippen LogP contribution in [0.5, 0.6) is 5.75 Å². The molecule has 0 saturated carbocycles. The smallest absolute Gasteiger partial charge is 0.323 e. The lowest BCUT2D eigenvalue weighted by Gasteiger charge is -2.38. The van der Waals surface area contributed by atoms with Gasteiger partial charge < -0.3 is 45.8 Å². The Labute approximate surface area is 342 Å². The van der Waals surface area contributed by atoms with Crippen molar-refractivity contribution in [3.05, 3.63) is 60.2 Å². The summed E-state index contributed by atoms with van der Waals surface area (Å²) in [6.45, 7) is 7.80. The van der Waals surface area contributed by atoms with Crippen molar-refractivity contribution in [1.29, 1.82) is 0 Å². The number of ether oxygens (including phenoxy) is 2. The number of carbonyl (C=O) groups excluding carboxylic acids is 7. The summed E-state index contributed by atoms with van der Waals surface area (Å²) in [5.74, 6) is -0.230. The van der Waals surface area contributed by atoms with Gasteiger partial charge in [0.25, 0.3) is 0 Å². The van der Waals surface area contributed by atoms with Crippen LogP contribution in [0.3, 0.4) is 0 Å². The molecule has 0 bridgehead atoms. The van der Waals surface area contributed by atoms with Crippen molar-refractivity contribution in [2.24, 2.45) is 11.7 Å². The van der Waals surface area contributed by atoms with Crippen LogP contribution in [0.25, 0.3) is 0 Å². The van der Waals surface area contributed by atoms with Gasteiger partial charge in [0.1, 0.15) is 36.8 Å². The number of nitrogens with two attached hydrogens (primary N) is 1. The molecule has 5 rings (SSSR count). The van der Waals surface area contributed by atoms with Crippen LogP contribution in [-0.4, -0.2) is 135 Å². The molecule has 0 aromatic heterocycles. The molecule has 320 valence electrons. The second kappa shape index (κ2) is 26.5. The fraction of sp³-hybridized carbons (Fsp3) is 0.548. The maximum atomic E-state index is 13.4. The summed E-state index contributed by atoms with van der Waals surface area (Å²) in [4.78, 5) is 87.2. The highest BCUT2D eigenvalue weighted by Gasteiger charge is 2.41. The SMILES string of the molecule is CC1CC(C(=O)OCCC(=O)N2CCCC2C(=O)N2CCCCC2C(=O)NC(C)C=O)N(C)C1.CNCC(N)=O.COc1cccc(NC=O)c1.Cc1ccccc1. The molecule has 5 atom stereocenters. The molecule has 0 spiro atoms. The number of carbonyl (C=O) groups is 7. The molecule has 3 fully saturated rings. The summed E-state index contributed by atoms with van der Waals surface area (Å²) in [5.41, 5.74) is 6.76. The fourth-order valence-electron chi connectivity index (χ4n) is 6.83. The number of methoxy groups -OCH3 is 1. The van der Waals surface area contributed by atoms with E-state index in [1.807, 2.05) is 42.3 Å². The highest BCUT2D eigenvalue weighted by Crippen LogP contribution is 2.26. The molecular weight excluding hydrogens is 747 g/mol. The summed E-state index contributed by atoms with van der Waals surface area (Å²) in [5, 5.41) is 7.76. The van der Waals surface area contributed by atoms with E-state index in [0.29, 0.717) is 51.0 Å². The Morgan fingerprint density at radius 1 is 0.931 bits per heavy atom. The predicted octanol–water partition coefficient (Wildman–Crippen LogP) is 2.29. The van der Waals surface area contributed by atoms with Crippen molar-refractivity contribution in [2.45, 2.75) is 89.9 Å². The Bertz CT molecular complexity index is 1610. The van der Waals surface area contributed by atoms with E-state index in [9.17, 15) is 33.6 Å². The van der Waals surface area contributed by atoms with Gasteiger partial charge in [0.15, 0.2) is 0 Å². The lowest BCUT2D eigenvalue weighted by Crippen LogP contribution is -2.57. The van der Waals surface area contributed by atoms with Crippen LogP contribution >= 0.6 is 0 Å². The van der Waals surface area contributed by atoms with Gasteiger partial charge in [-0.05, 0) is 84.5 Å². The topological polar surface area (TPSA) is 210 Å². The van der Waals surface area contributed by atoms with Crippen LogP contribution in [0.2, 0.25) is 0 Å². The number of nitrogens with one attached hydrogen (secondary N) is 3. The summed E-state index contributed by atoms with van der Waals surface area (Å²) in [6.07, 6.45) is 5.48. The van der Waals surface area contributed by atoms with Crippen molar-refractivity contribution >= 4 is 48.0 Å². The number of aryl methyl sites for hydroxylation is 1. The first kappa shape index (κ1) is 48.8. The van der Waals surface area contributed by atoms with E-state index in [0.717, 1.165) is 37.2 Å². The number of benzene rings is 2. The summed E-state index contributed by atoms with van der Waals surface area (Å²) in [7, 11) is 5.15. The number of hydrogen-bond donors (Lipinski definition) is 4. The highest BCUT2D eigenvalue weighted by molar-refractivity contribution is 5.93. The molecule has 3 aliphatic heterocycles. The van der Waals surface area contributed by atoms with Gasteiger partial charge in [0.05, 0.1) is 26.1 Å². The van der Waals surface area contributed by atoms with Gasteiger partial charge in [-0.2, -0.15) is 0 Å². The Morgan fingerprint density at radius 2 is 1.62 bits per heavy atom. The molecule has 3 heterocycles. The van der Waals surface area contributed by atoms with Gasteiger partial charge in [-0.3, -0.25) is 33.7 Å². The highest BCUT2D eigenvalue weighted by atomic mass is 16.5. The van der Waals surface area contributed by atoms with E-state index in [1.165, 1.54) is 5.56 Å². The number of rotatable bonds is 13. The number of likely N-dealkylation sites (N-methyl/N-ethyl adjacent to an activating group) is 2. The zero-order chi connectivity index (χ0) is 43.0. The van der Waals surface area contributed by atoms with E-state index in [1.54, 1.807) is 43.0 Å². The average Bonchev–Trinajstić information content (AvgIpc) is 3.84. The number of esters is 1. The molecule has 58 heavy (non-hydrogen) atoms. The van der Waals surface area contributed by atoms with Crippen LogP contribution in [0.1, 0.15) is 64.4 Å². The number of anilines is 1. The van der Waals surface area contributed by atoms with Gasteiger partial charge in [-0.15, -0.1) is 0 Å². The van der Waals surface area contributed by atoms with E-state index in [2.05, 4.69) is 41.9 Å². The summed E-state index contributed by atoms with van der Waals surface area (Å²) >= 11 is 0. The van der Waals surface area contributed by atoms with Gasteiger partial charge in [-0.1, -0.05) is 48.9 Å². The normalized spacial score (nSPS) is 20.2. The predicted molar refractivity (Wildman–Crippen MR) is 221 cm³/mol. The van der Waals surface area contributed by atoms with Crippen LogP contribution in [0.15, 0.2) is 54.6 Å². The molecule has 16 heteroatoms. The average molecular weight is 810 g/mol. The van der Waals surface area contributed by atoms with Crippen LogP contribution in [0, 0.1) is 12.8 Å². The van der Waals surface area contributed by atoms with Gasteiger partial charge in [0, 0.05) is 31.4 Å². The van der Waals surface area contributed by atoms with Crippen molar-refractivity contribution in [3.8, 4) is 5.75 Å². The number of nitrogens with zero attached hydrogens (tertiary/aromatic N) is 3. The zero-order valence-corrected chi connectivity index (χ0v) is 34.8. The molecule has 5 unspecified atom stereocenters. The first-order valence-corrected chi connectivity index (χ1v) is 19.8. The number of likely N-dealkylation sites (tertiary alicyclic amines) is 3. The van der Waals surface area contributed by atoms with Crippen LogP contribution in [-0.2, 0) is 38.3 Å². The quantitative estimate of drug-likeness (QED) is 0.170. The Balaban J connectivity index is 0.000000387. The number of amides is 5. The lowest BCUT2D eigenvalue weighted by molar-refractivity contribution is -0.152. The van der Waals surface area contributed by atoms with Crippen molar-refractivity contribution in [3.63, 3.8) is 0 Å². The van der Waals surface area contributed by atoms with Gasteiger partial charge >= 0.3 is 5.97 Å². The maximum Gasteiger partial charge on any atom is 0.323 e. The molecule has 5 amide bonds. The second-order valence-electron chi connectivity index (χ2n) is 14.6. The number of piperidine rings is 1. The Morgan fingerprint density at radius 3 is 2.17 bits per heavy atom. The minimum atomic E-state index is -0.632. The lowest BCUT2D eigenvalue weighted by atomic mass is 9.99. The molecular formula is C42H63N7O9. The molecule has 2 aromatic carbocycles. The first-order valence-electron chi connectivity index (χ1n) is 19.8. The minimum Gasteiger partial charge on any atom is -0.497 e. The number of hydrogen-bond acceptors (Lipinski definition) is 11. The molecule has 0 aliphatic carbocycles. The number of primary amides is 1. The third-order valence-corrected chi connectivity index (χ3v) is 9.70. The molecule has 3 saturated heterocycles. The van der Waals surface area contributed by atoms with Crippen molar-refractivity contribution in [2.75, 3.05) is 59.3 Å². The molecule has 2 aromatic rings. The van der Waals surface area contributed by atoms with Crippen molar-refractivity contribution < 1.29 is 43.0 Å². The molecule has 16 nitrogen and oxygen atoms in total. The fourth-order valence-corrected chi connectivity index (χ4v) is 6.83. The molecule has 5 N–H and O–H groups in total. The largest absolute Gasteiger partial charge is 0.497 e. The third kappa shape index (κ3) is 17.0. The summed E-state index contributed by atoms with van der Waals surface area (Å²) < 4.78 is 10.3. The number of aldehydes is 1.